The van der Waals surface area contributed by atoms with Crippen molar-refractivity contribution in [1.82, 2.24) is 5.32 Å². The van der Waals surface area contributed by atoms with Gasteiger partial charge in [0.05, 0.1) is 0 Å². The third-order valence-corrected chi connectivity index (χ3v) is 2.32. The van der Waals surface area contributed by atoms with E-state index in [1.165, 1.54) is 5.70 Å². The molecule has 72 valence electrons. The number of hydrogen-bond acceptors (Lipinski definition) is 1. The summed E-state index contributed by atoms with van der Waals surface area (Å²) in [6.45, 7) is 15.9. The average Bonchev–Trinajstić information content (AvgIpc) is 2.39. The van der Waals surface area contributed by atoms with Crippen LogP contribution < -0.4 is 5.32 Å². The van der Waals surface area contributed by atoms with Gasteiger partial charge < -0.3 is 5.32 Å². The van der Waals surface area contributed by atoms with Crippen molar-refractivity contribution in [2.24, 2.45) is 11.3 Å². The Morgan fingerprint density at radius 3 is 2.00 bits per heavy atom. The molecule has 0 radical (unpaired) electrons. The first-order chi connectivity index (χ1) is 5.50. The number of hydrogen-bond donors (Lipinski definition) is 1. The summed E-state index contributed by atoms with van der Waals surface area (Å²) in [5.74, 6) is 0.778. The Morgan fingerprint density at radius 1 is 1.33 bits per heavy atom. The molecule has 1 aliphatic heterocycles. The molecule has 1 atom stereocenters. The molecular formula is C11H23N. The summed E-state index contributed by atoms with van der Waals surface area (Å²) in [7, 11) is 0. The first kappa shape index (κ1) is 11.5. The van der Waals surface area contributed by atoms with E-state index in [-0.39, 0.29) is 0 Å². The van der Waals surface area contributed by atoms with Crippen molar-refractivity contribution < 1.29 is 0 Å². The molecule has 0 saturated carbocycles. The van der Waals surface area contributed by atoms with Crippen molar-refractivity contribution in [1.29, 1.82) is 0 Å². The zero-order valence-electron chi connectivity index (χ0n) is 9.20. The van der Waals surface area contributed by atoms with E-state index in [0.717, 1.165) is 18.9 Å². The molecule has 0 amide bonds. The molecule has 1 N–H and O–H groups in total. The normalized spacial score (nSPS) is 22.8. The fourth-order valence-electron chi connectivity index (χ4n) is 1.32. The van der Waals surface area contributed by atoms with E-state index in [2.05, 4.69) is 32.7 Å². The van der Waals surface area contributed by atoms with Crippen LogP contribution in [0.4, 0.5) is 0 Å². The molecule has 1 unspecified atom stereocenters. The van der Waals surface area contributed by atoms with Gasteiger partial charge in [0.1, 0.15) is 0 Å². The quantitative estimate of drug-likeness (QED) is 0.587. The monoisotopic (exact) mass is 169 g/mol. The van der Waals surface area contributed by atoms with Gasteiger partial charge in [-0.05, 0) is 17.8 Å². The van der Waals surface area contributed by atoms with Gasteiger partial charge in [-0.2, -0.15) is 0 Å². The Morgan fingerprint density at radius 2 is 1.83 bits per heavy atom. The van der Waals surface area contributed by atoms with Crippen molar-refractivity contribution in [2.75, 3.05) is 6.54 Å². The zero-order chi connectivity index (χ0) is 9.78. The largest absolute Gasteiger partial charge is 0.388 e. The van der Waals surface area contributed by atoms with Gasteiger partial charge >= 0.3 is 0 Å². The molecule has 0 spiro atoms. The van der Waals surface area contributed by atoms with Crippen LogP contribution in [0.15, 0.2) is 12.3 Å². The van der Waals surface area contributed by atoms with Gasteiger partial charge in [-0.25, -0.2) is 0 Å². The highest BCUT2D eigenvalue weighted by Crippen LogP contribution is 2.32. The molecule has 0 bridgehead atoms. The van der Waals surface area contributed by atoms with Gasteiger partial charge in [-0.1, -0.05) is 41.2 Å². The Kier molecular flexibility index (Phi) is 4.36. The first-order valence-corrected chi connectivity index (χ1v) is 4.92. The number of nitrogens with one attached hydrogen (secondary N) is 1. The second-order valence-corrected chi connectivity index (χ2v) is 4.25. The van der Waals surface area contributed by atoms with Gasteiger partial charge in [0, 0.05) is 12.2 Å². The molecule has 0 aliphatic carbocycles. The van der Waals surface area contributed by atoms with E-state index in [0.29, 0.717) is 5.41 Å². The van der Waals surface area contributed by atoms with E-state index in [1.54, 1.807) is 0 Å². The molecule has 12 heavy (non-hydrogen) atoms. The van der Waals surface area contributed by atoms with E-state index >= 15 is 0 Å². The van der Waals surface area contributed by atoms with Crippen molar-refractivity contribution in [2.45, 2.75) is 41.0 Å². The Hall–Kier alpha value is -0.460. The molecule has 1 nitrogen and oxygen atoms in total. The average molecular weight is 169 g/mol. The highest BCUT2D eigenvalue weighted by Gasteiger charge is 2.28. The van der Waals surface area contributed by atoms with Gasteiger partial charge in [-0.3, -0.25) is 0 Å². The summed E-state index contributed by atoms with van der Waals surface area (Å²) in [6.07, 6.45) is 1.16. The molecule has 1 heterocycles. The third kappa shape index (κ3) is 3.29. The van der Waals surface area contributed by atoms with Gasteiger partial charge in [0.2, 0.25) is 0 Å². The lowest BCUT2D eigenvalue weighted by Crippen LogP contribution is -2.22. The fourth-order valence-corrected chi connectivity index (χ4v) is 1.32. The van der Waals surface area contributed by atoms with Crippen LogP contribution in [0.1, 0.15) is 41.0 Å². The van der Waals surface area contributed by atoms with E-state index in [4.69, 9.17) is 0 Å². The topological polar surface area (TPSA) is 12.0 Å². The summed E-state index contributed by atoms with van der Waals surface area (Å²) in [4.78, 5) is 0. The molecular weight excluding hydrogens is 146 g/mol. The smallest absolute Gasteiger partial charge is 0.0180 e. The third-order valence-electron chi connectivity index (χ3n) is 2.32. The van der Waals surface area contributed by atoms with Crippen LogP contribution >= 0.6 is 0 Å². The van der Waals surface area contributed by atoms with Crippen LogP contribution in [0.5, 0.6) is 0 Å². The standard InChI is InChI=1S/C9H17N.C2H6/c1-7-5-8(6-10-7)9(2,3)4;1-2/h8,10H,1,5-6H2,2-4H3;1-2H3. The first-order valence-electron chi connectivity index (χ1n) is 4.92. The maximum absolute atomic E-state index is 3.91. The van der Waals surface area contributed by atoms with Crippen molar-refractivity contribution in [3.8, 4) is 0 Å². The molecule has 1 rings (SSSR count). The predicted molar refractivity (Wildman–Crippen MR) is 56.1 cm³/mol. The van der Waals surface area contributed by atoms with Crippen molar-refractivity contribution >= 4 is 0 Å². The molecule has 1 aliphatic rings. The minimum atomic E-state index is 0.437. The Balaban J connectivity index is 0.000000561. The van der Waals surface area contributed by atoms with Crippen LogP contribution in [-0.2, 0) is 0 Å². The molecule has 1 saturated heterocycles. The SMILES string of the molecule is C=C1CC(C(C)(C)C)CN1.CC. The lowest BCUT2D eigenvalue weighted by atomic mass is 9.80. The second kappa shape index (κ2) is 4.54. The van der Waals surface area contributed by atoms with Gasteiger partial charge in [0.25, 0.3) is 0 Å². The zero-order valence-corrected chi connectivity index (χ0v) is 9.20. The Labute approximate surface area is 77.2 Å². The van der Waals surface area contributed by atoms with Crippen LogP contribution in [0, 0.1) is 11.3 Å². The summed E-state index contributed by atoms with van der Waals surface area (Å²) < 4.78 is 0. The molecule has 1 fully saturated rings. The Bertz CT molecular complexity index is 142. The van der Waals surface area contributed by atoms with E-state index < -0.39 is 0 Å². The van der Waals surface area contributed by atoms with Crippen molar-refractivity contribution in [3.63, 3.8) is 0 Å². The summed E-state index contributed by atoms with van der Waals surface area (Å²) >= 11 is 0. The second-order valence-electron chi connectivity index (χ2n) is 4.25. The minimum Gasteiger partial charge on any atom is -0.388 e. The molecule has 0 aromatic rings. The maximum Gasteiger partial charge on any atom is 0.0180 e. The highest BCUT2D eigenvalue weighted by molar-refractivity contribution is 5.02. The van der Waals surface area contributed by atoms with Gasteiger partial charge in [-0.15, -0.1) is 0 Å². The predicted octanol–water partition coefficient (Wildman–Crippen LogP) is 3.18. The number of rotatable bonds is 0. The highest BCUT2D eigenvalue weighted by atomic mass is 14.9. The van der Waals surface area contributed by atoms with Gasteiger partial charge in [0.15, 0.2) is 0 Å². The lowest BCUT2D eigenvalue weighted by Gasteiger charge is -2.25. The van der Waals surface area contributed by atoms with E-state index in [9.17, 15) is 0 Å². The van der Waals surface area contributed by atoms with Crippen molar-refractivity contribution in [3.05, 3.63) is 12.3 Å². The summed E-state index contributed by atoms with van der Waals surface area (Å²) in [5.41, 5.74) is 1.65. The fraction of sp³-hybridized carbons (Fsp3) is 0.818. The van der Waals surface area contributed by atoms with Crippen LogP contribution in [-0.4, -0.2) is 6.54 Å². The summed E-state index contributed by atoms with van der Waals surface area (Å²) in [6, 6.07) is 0. The van der Waals surface area contributed by atoms with Crippen LogP contribution in [0.2, 0.25) is 0 Å². The summed E-state index contributed by atoms with van der Waals surface area (Å²) in [5, 5.41) is 3.28. The molecule has 1 heteroatoms. The van der Waals surface area contributed by atoms with Crippen LogP contribution in [0.3, 0.4) is 0 Å². The van der Waals surface area contributed by atoms with E-state index in [1.807, 2.05) is 13.8 Å². The number of allylic oxidation sites excluding steroid dienone is 1. The maximum atomic E-state index is 3.91. The minimum absolute atomic E-state index is 0.437. The lowest BCUT2D eigenvalue weighted by molar-refractivity contribution is 0.263. The van der Waals surface area contributed by atoms with Crippen LogP contribution in [0.25, 0.3) is 0 Å². The molecule has 0 aromatic carbocycles. The molecule has 0 aromatic heterocycles.